The average Bonchev–Trinajstić information content (AvgIpc) is 2.37. The molecule has 0 aliphatic carbocycles. The molecule has 0 nitrogen and oxygen atoms in total. The Labute approximate surface area is 321 Å². The summed E-state index contributed by atoms with van der Waals surface area (Å²) in [6, 6.07) is 2.35. The van der Waals surface area contributed by atoms with Crippen molar-refractivity contribution in [2.75, 3.05) is 0 Å². The fraction of sp³-hybridized carbons (Fsp3) is 0. The maximum atomic E-state index is 2.35. The SMILES string of the molecule is [Sn].[Sn].[Sn].[Sn].[Sn].[Sn].[Sn].[Sn].[Sn].[Sn][c]1cc2s[c]([Sn])[c]([Sn])c2s1. The number of rotatable bonds is 0. The van der Waals surface area contributed by atoms with Crippen LogP contribution in [0.25, 0.3) is 9.40 Å². The van der Waals surface area contributed by atoms with Crippen LogP contribution in [0.15, 0.2) is 6.07 Å². The van der Waals surface area contributed by atoms with Crippen LogP contribution in [0.3, 0.4) is 0 Å². The monoisotopic (exact) mass is 1580 g/mol. The Bertz CT molecular complexity index is 411. The second kappa shape index (κ2) is 28.2. The maximum absolute atomic E-state index is 2.35. The summed E-state index contributed by atoms with van der Waals surface area (Å²) in [5, 5.41) is 0. The minimum atomic E-state index is 0. The summed E-state index contributed by atoms with van der Waals surface area (Å²) in [6.07, 6.45) is 0. The van der Waals surface area contributed by atoms with Gasteiger partial charge in [0.2, 0.25) is 0 Å². The summed E-state index contributed by atoms with van der Waals surface area (Å²) < 4.78 is 7.87. The molecule has 0 aliphatic heterocycles. The van der Waals surface area contributed by atoms with E-state index in [9.17, 15) is 0 Å². The van der Waals surface area contributed by atoms with Gasteiger partial charge in [-0.25, -0.2) is 0 Å². The topological polar surface area (TPSA) is 0 Å². The molecule has 0 aromatic carbocycles. The molecular weight excluding hydrogens is 1560 g/mol. The molecule has 0 bridgehead atoms. The van der Waals surface area contributed by atoms with Crippen LogP contribution < -0.4 is 9.37 Å². The summed E-state index contributed by atoms with van der Waals surface area (Å²) >= 11 is 8.70. The molecule has 2 rings (SSSR count). The fourth-order valence-electron chi connectivity index (χ4n) is 0.888. The van der Waals surface area contributed by atoms with Gasteiger partial charge in [0.25, 0.3) is 0 Å². The third kappa shape index (κ3) is 17.0. The summed E-state index contributed by atoms with van der Waals surface area (Å²) in [4.78, 5) is 0. The van der Waals surface area contributed by atoms with Gasteiger partial charge >= 0.3 is 115 Å². The molecule has 0 spiro atoms. The second-order valence-electron chi connectivity index (χ2n) is 2.11. The zero-order valence-electron chi connectivity index (χ0n) is 9.89. The predicted molar refractivity (Wildman–Crippen MR) is 108 cm³/mol. The molecule has 0 amide bonds. The molecule has 2 aromatic rings. The van der Waals surface area contributed by atoms with E-state index in [0.29, 0.717) is 0 Å². The molecule has 0 unspecified atom stereocenters. The van der Waals surface area contributed by atoms with Crippen LogP contribution in [0.2, 0.25) is 0 Å². The van der Waals surface area contributed by atoms with E-state index in [1.165, 1.54) is 7.59 Å². The Morgan fingerprint density at radius 2 is 1.05 bits per heavy atom. The zero-order valence-corrected chi connectivity index (χ0v) is 45.8. The van der Waals surface area contributed by atoms with Gasteiger partial charge in [-0.15, -0.1) is 0 Å². The van der Waals surface area contributed by atoms with Crippen LogP contribution in [-0.4, -0.2) is 283 Å². The van der Waals surface area contributed by atoms with Crippen molar-refractivity contribution >= 4 is 324 Å². The molecule has 0 aliphatic rings. The molecule has 2 aromatic heterocycles. The van der Waals surface area contributed by atoms with E-state index >= 15 is 0 Å². The third-order valence-electron chi connectivity index (χ3n) is 1.36. The van der Waals surface area contributed by atoms with E-state index in [1.54, 1.807) is 78.7 Å². The van der Waals surface area contributed by atoms with Crippen molar-refractivity contribution in [3.05, 3.63) is 6.07 Å². The minimum absolute atomic E-state index is 0. The van der Waals surface area contributed by atoms with Crippen LogP contribution in [0.4, 0.5) is 0 Å². The van der Waals surface area contributed by atoms with Gasteiger partial charge in [-0.05, 0) is 0 Å². The predicted octanol–water partition coefficient (Wildman–Crippen LogP) is -4.08. The van der Waals surface area contributed by atoms with Gasteiger partial charge in [-0.2, -0.15) is 0 Å². The van der Waals surface area contributed by atoms with Gasteiger partial charge in [-0.1, -0.05) is 0 Å². The molecule has 0 fully saturated rings. The van der Waals surface area contributed by atoms with Crippen LogP contribution >= 0.6 is 22.7 Å². The molecular formula is C6HS2Sn12. The first kappa shape index (κ1) is 51.7. The summed E-state index contributed by atoms with van der Waals surface area (Å²) in [6.45, 7) is 0. The fourth-order valence-corrected chi connectivity index (χ4v) is 7.49. The standard InChI is InChI=1S/C6HS2.12Sn/c1-3-7-6-2-4-8-5(1)6;;;;;;;;;;;;/h1H;;;;;;;;;;;;. The van der Waals surface area contributed by atoms with Crippen molar-refractivity contribution in [2.45, 2.75) is 0 Å². The van der Waals surface area contributed by atoms with Crippen LogP contribution in [-0.2, 0) is 0 Å². The van der Waals surface area contributed by atoms with Gasteiger partial charge in [0.15, 0.2) is 0 Å². The number of fused-ring (bicyclic) bond motifs is 1. The average molecular weight is 1560 g/mol. The first-order valence-corrected chi connectivity index (χ1v) is 8.81. The van der Waals surface area contributed by atoms with Gasteiger partial charge < -0.3 is 0 Å². The van der Waals surface area contributed by atoms with Crippen LogP contribution in [0.1, 0.15) is 0 Å². The first-order chi connectivity index (χ1) is 5.18. The molecule has 0 atom stereocenters. The summed E-state index contributed by atoms with van der Waals surface area (Å²) in [5.74, 6) is 0. The molecule has 0 saturated carbocycles. The summed E-state index contributed by atoms with van der Waals surface area (Å²) in [7, 11) is 0. The van der Waals surface area contributed by atoms with Crippen molar-refractivity contribution in [3.63, 3.8) is 0 Å². The Morgan fingerprint density at radius 1 is 0.650 bits per heavy atom. The molecule has 0 saturated heterocycles. The van der Waals surface area contributed by atoms with E-state index < -0.39 is 0 Å². The van der Waals surface area contributed by atoms with Crippen molar-refractivity contribution in [2.24, 2.45) is 0 Å². The van der Waals surface area contributed by atoms with E-state index in [2.05, 4.69) is 6.07 Å². The Kier molecular flexibility index (Phi) is 73.0. The Morgan fingerprint density at radius 3 is 1.40 bits per heavy atom. The van der Waals surface area contributed by atoms with E-state index in [4.69, 9.17) is 0 Å². The number of thiophene rings is 2. The molecule has 14 heteroatoms. The number of hydrogen-bond acceptors (Lipinski definition) is 2. The quantitative estimate of drug-likeness (QED) is 0.236. The first-order valence-electron chi connectivity index (χ1n) is 2.89. The van der Waals surface area contributed by atoms with Gasteiger partial charge in [-0.3, -0.25) is 0 Å². The van der Waals surface area contributed by atoms with Crippen molar-refractivity contribution in [1.82, 2.24) is 0 Å². The van der Waals surface area contributed by atoms with Crippen LogP contribution in [0, 0.1) is 0 Å². The van der Waals surface area contributed by atoms with Gasteiger partial charge in [0.1, 0.15) is 0 Å². The van der Waals surface area contributed by atoms with Gasteiger partial charge in [0.05, 0.1) is 0 Å². The second-order valence-corrected chi connectivity index (χ2v) is 10.7. The Balaban J connectivity index is -0.0000000267. The third-order valence-corrected chi connectivity index (χ3v) is 10.8. The molecule has 0 N–H and O–H groups in total. The van der Waals surface area contributed by atoms with Crippen molar-refractivity contribution < 1.29 is 0 Å². The summed E-state index contributed by atoms with van der Waals surface area (Å²) in [5.41, 5.74) is 0. The van der Waals surface area contributed by atoms with E-state index in [1.807, 2.05) is 22.7 Å². The van der Waals surface area contributed by atoms with Crippen molar-refractivity contribution in [3.8, 4) is 0 Å². The van der Waals surface area contributed by atoms with E-state index in [-0.39, 0.29) is 215 Å². The van der Waals surface area contributed by atoms with Crippen LogP contribution in [0.5, 0.6) is 0 Å². The van der Waals surface area contributed by atoms with Gasteiger partial charge in [0, 0.05) is 215 Å². The molecule has 20 heavy (non-hydrogen) atoms. The normalized spacial score (nSPS) is 6.15. The van der Waals surface area contributed by atoms with E-state index in [0.717, 1.165) is 0 Å². The molecule has 85 valence electrons. The molecule has 45 radical (unpaired) electrons. The molecule has 2 heterocycles. The zero-order chi connectivity index (χ0) is 8.01. The number of hydrogen-bond donors (Lipinski definition) is 0. The van der Waals surface area contributed by atoms with Crippen molar-refractivity contribution in [1.29, 1.82) is 0 Å². The Hall–Kier alpha value is 9.24.